The molecule has 1 aromatic rings. The first-order chi connectivity index (χ1) is 7.55. The minimum Gasteiger partial charge on any atom is -0.496 e. The minimum atomic E-state index is 0.0913. The fourth-order valence-electron chi connectivity index (χ4n) is 2.08. The maximum absolute atomic E-state index is 8.85. The average molecular weight is 217 g/mol. The first-order valence-electron chi connectivity index (χ1n) is 5.63. The molecule has 1 aromatic carbocycles. The van der Waals surface area contributed by atoms with Gasteiger partial charge in [-0.2, -0.15) is 5.26 Å². The Morgan fingerprint density at radius 3 is 2.56 bits per heavy atom. The highest BCUT2D eigenvalue weighted by molar-refractivity contribution is 5.45. The molecule has 0 heterocycles. The lowest BCUT2D eigenvalue weighted by Gasteiger charge is -2.26. The van der Waals surface area contributed by atoms with E-state index in [0.717, 1.165) is 18.6 Å². The van der Waals surface area contributed by atoms with Crippen LogP contribution in [0.1, 0.15) is 44.7 Å². The zero-order chi connectivity index (χ0) is 12.2. The van der Waals surface area contributed by atoms with Gasteiger partial charge < -0.3 is 4.74 Å². The van der Waals surface area contributed by atoms with Crippen LogP contribution in [0.25, 0.3) is 0 Å². The molecule has 0 unspecified atom stereocenters. The Morgan fingerprint density at radius 1 is 1.38 bits per heavy atom. The van der Waals surface area contributed by atoms with E-state index in [9.17, 15) is 0 Å². The van der Waals surface area contributed by atoms with Crippen LogP contribution < -0.4 is 4.74 Å². The highest BCUT2D eigenvalue weighted by Gasteiger charge is 2.23. The number of nitrogens with zero attached hydrogens (tertiary/aromatic N) is 1. The Labute approximate surface area is 97.9 Å². The Morgan fingerprint density at radius 2 is 2.06 bits per heavy atom. The maximum atomic E-state index is 8.85. The van der Waals surface area contributed by atoms with Gasteiger partial charge in [-0.25, -0.2) is 0 Å². The van der Waals surface area contributed by atoms with E-state index >= 15 is 0 Å². The van der Waals surface area contributed by atoms with Gasteiger partial charge in [0.15, 0.2) is 0 Å². The molecular weight excluding hydrogens is 198 g/mol. The SMILES string of the molecule is CCCC(C)(C)c1ccc(C#N)cc1OC. The predicted molar refractivity (Wildman–Crippen MR) is 65.6 cm³/mol. The lowest BCUT2D eigenvalue weighted by Crippen LogP contribution is -2.17. The summed E-state index contributed by atoms with van der Waals surface area (Å²) in [5.74, 6) is 0.817. The summed E-state index contributed by atoms with van der Waals surface area (Å²) in [7, 11) is 1.65. The smallest absolute Gasteiger partial charge is 0.123 e. The number of methoxy groups -OCH3 is 1. The van der Waals surface area contributed by atoms with Crippen molar-refractivity contribution in [3.05, 3.63) is 29.3 Å². The van der Waals surface area contributed by atoms with Crippen LogP contribution >= 0.6 is 0 Å². The fraction of sp³-hybridized carbons (Fsp3) is 0.500. The lowest BCUT2D eigenvalue weighted by molar-refractivity contribution is 0.384. The van der Waals surface area contributed by atoms with Crippen molar-refractivity contribution in [1.82, 2.24) is 0 Å². The van der Waals surface area contributed by atoms with Crippen molar-refractivity contribution in [2.24, 2.45) is 0 Å². The zero-order valence-corrected chi connectivity index (χ0v) is 10.5. The third-order valence-electron chi connectivity index (χ3n) is 2.93. The van der Waals surface area contributed by atoms with Gasteiger partial charge in [-0.3, -0.25) is 0 Å². The van der Waals surface area contributed by atoms with Gasteiger partial charge in [-0.05, 0) is 29.5 Å². The summed E-state index contributed by atoms with van der Waals surface area (Å²) in [4.78, 5) is 0. The van der Waals surface area contributed by atoms with Crippen LogP contribution in [0.15, 0.2) is 18.2 Å². The van der Waals surface area contributed by atoms with Crippen molar-refractivity contribution in [2.45, 2.75) is 39.0 Å². The largest absolute Gasteiger partial charge is 0.496 e. The van der Waals surface area contributed by atoms with E-state index in [1.165, 1.54) is 5.56 Å². The maximum Gasteiger partial charge on any atom is 0.123 e. The van der Waals surface area contributed by atoms with Gasteiger partial charge in [-0.1, -0.05) is 33.3 Å². The second-order valence-electron chi connectivity index (χ2n) is 4.66. The van der Waals surface area contributed by atoms with Crippen molar-refractivity contribution in [3.63, 3.8) is 0 Å². The second-order valence-corrected chi connectivity index (χ2v) is 4.66. The van der Waals surface area contributed by atoms with Gasteiger partial charge >= 0.3 is 0 Å². The van der Waals surface area contributed by atoms with Gasteiger partial charge in [-0.15, -0.1) is 0 Å². The Hall–Kier alpha value is -1.49. The molecule has 0 N–H and O–H groups in total. The summed E-state index contributed by atoms with van der Waals surface area (Å²) in [5, 5.41) is 8.85. The van der Waals surface area contributed by atoms with Crippen LogP contribution in [0.3, 0.4) is 0 Å². The molecule has 86 valence electrons. The summed E-state index contributed by atoms with van der Waals surface area (Å²) in [5.41, 5.74) is 1.91. The minimum absolute atomic E-state index is 0.0913. The summed E-state index contributed by atoms with van der Waals surface area (Å²) in [6.45, 7) is 6.60. The summed E-state index contributed by atoms with van der Waals surface area (Å²) >= 11 is 0. The molecule has 2 nitrogen and oxygen atoms in total. The van der Waals surface area contributed by atoms with Crippen molar-refractivity contribution in [2.75, 3.05) is 7.11 Å². The van der Waals surface area contributed by atoms with E-state index in [0.29, 0.717) is 5.56 Å². The second kappa shape index (κ2) is 5.03. The van der Waals surface area contributed by atoms with E-state index in [2.05, 4.69) is 26.8 Å². The lowest BCUT2D eigenvalue weighted by atomic mass is 9.80. The number of hydrogen-bond acceptors (Lipinski definition) is 2. The number of ether oxygens (including phenoxy) is 1. The molecule has 0 spiro atoms. The van der Waals surface area contributed by atoms with Crippen molar-refractivity contribution < 1.29 is 4.74 Å². The molecule has 0 atom stereocenters. The Kier molecular flexibility index (Phi) is 3.95. The molecule has 0 aliphatic rings. The quantitative estimate of drug-likeness (QED) is 0.771. The molecule has 0 radical (unpaired) electrons. The topological polar surface area (TPSA) is 33.0 Å². The molecular formula is C14H19NO. The van der Waals surface area contributed by atoms with Crippen LogP contribution in [0.5, 0.6) is 5.75 Å². The molecule has 0 bridgehead atoms. The molecule has 0 amide bonds. The van der Waals surface area contributed by atoms with Crippen LogP contribution in [0.4, 0.5) is 0 Å². The molecule has 16 heavy (non-hydrogen) atoms. The first-order valence-corrected chi connectivity index (χ1v) is 5.63. The van der Waals surface area contributed by atoms with Crippen LogP contribution in [0, 0.1) is 11.3 Å². The normalized spacial score (nSPS) is 10.9. The van der Waals surface area contributed by atoms with E-state index in [-0.39, 0.29) is 5.41 Å². The third kappa shape index (κ3) is 2.55. The highest BCUT2D eigenvalue weighted by Crippen LogP contribution is 2.35. The number of benzene rings is 1. The van der Waals surface area contributed by atoms with Crippen LogP contribution in [0.2, 0.25) is 0 Å². The predicted octanol–water partition coefficient (Wildman–Crippen LogP) is 3.64. The summed E-state index contributed by atoms with van der Waals surface area (Å²) in [6.07, 6.45) is 2.24. The molecule has 0 fully saturated rings. The zero-order valence-electron chi connectivity index (χ0n) is 10.5. The number of hydrogen-bond donors (Lipinski definition) is 0. The van der Waals surface area contributed by atoms with Crippen LogP contribution in [-0.4, -0.2) is 7.11 Å². The van der Waals surface area contributed by atoms with Crippen molar-refractivity contribution in [3.8, 4) is 11.8 Å². The molecule has 2 heteroatoms. The van der Waals surface area contributed by atoms with Gasteiger partial charge in [0.25, 0.3) is 0 Å². The molecule has 0 saturated carbocycles. The van der Waals surface area contributed by atoms with E-state index in [1.54, 1.807) is 7.11 Å². The standard InChI is InChI=1S/C14H19NO/c1-5-8-14(2,3)12-7-6-11(10-15)9-13(12)16-4/h6-7,9H,5,8H2,1-4H3. The van der Waals surface area contributed by atoms with Crippen LogP contribution in [-0.2, 0) is 5.41 Å². The molecule has 1 rings (SSSR count). The highest BCUT2D eigenvalue weighted by atomic mass is 16.5. The first kappa shape index (κ1) is 12.6. The van der Waals surface area contributed by atoms with Crippen molar-refractivity contribution >= 4 is 0 Å². The van der Waals surface area contributed by atoms with Gasteiger partial charge in [0.1, 0.15) is 5.75 Å². The number of nitriles is 1. The van der Waals surface area contributed by atoms with Crippen molar-refractivity contribution in [1.29, 1.82) is 5.26 Å². The van der Waals surface area contributed by atoms with Gasteiger partial charge in [0, 0.05) is 0 Å². The molecule has 0 aromatic heterocycles. The Bertz CT molecular complexity index is 402. The molecule has 0 aliphatic heterocycles. The summed E-state index contributed by atoms with van der Waals surface area (Å²) in [6, 6.07) is 7.81. The Balaban J connectivity index is 3.19. The molecule has 0 aliphatic carbocycles. The van der Waals surface area contributed by atoms with E-state index in [1.807, 2.05) is 18.2 Å². The fourth-order valence-corrected chi connectivity index (χ4v) is 2.08. The van der Waals surface area contributed by atoms with Gasteiger partial charge in [0.05, 0.1) is 18.7 Å². The molecule has 0 saturated heterocycles. The monoisotopic (exact) mass is 217 g/mol. The summed E-state index contributed by atoms with van der Waals surface area (Å²) < 4.78 is 5.37. The third-order valence-corrected chi connectivity index (χ3v) is 2.93. The van der Waals surface area contributed by atoms with E-state index < -0.39 is 0 Å². The average Bonchev–Trinajstić information content (AvgIpc) is 2.28. The van der Waals surface area contributed by atoms with Gasteiger partial charge in [0.2, 0.25) is 0 Å². The van der Waals surface area contributed by atoms with E-state index in [4.69, 9.17) is 10.00 Å². The number of rotatable bonds is 4.